The van der Waals surface area contributed by atoms with Gasteiger partial charge in [0.05, 0.1) is 18.2 Å². The van der Waals surface area contributed by atoms with Crippen molar-refractivity contribution >= 4 is 22.4 Å². The summed E-state index contributed by atoms with van der Waals surface area (Å²) in [7, 11) is 1.81. The fraction of sp³-hybridized carbons (Fsp3) is 0.440. The summed E-state index contributed by atoms with van der Waals surface area (Å²) in [5.74, 6) is -1.28. The Balaban J connectivity index is 1.41. The molecule has 0 radical (unpaired) electrons. The topological polar surface area (TPSA) is 110 Å². The largest absolute Gasteiger partial charge is 0.489 e. The number of nitrogens with zero attached hydrogens (tertiary/aromatic N) is 2. The molecule has 2 N–H and O–H groups in total. The summed E-state index contributed by atoms with van der Waals surface area (Å²) in [6, 6.07) is 25.4. The third-order valence-electron chi connectivity index (χ3n) is 12.2. The molecule has 0 spiro atoms. The van der Waals surface area contributed by atoms with Crippen LogP contribution in [0.4, 0.5) is 4.39 Å². The number of hydrogen-bond acceptors (Lipinski definition) is 8. The van der Waals surface area contributed by atoms with Crippen molar-refractivity contribution in [3.8, 4) is 11.5 Å². The maximum atomic E-state index is 14.8. The second-order valence-corrected chi connectivity index (χ2v) is 17.3. The molecule has 1 amide bonds. The minimum atomic E-state index is -1.39. The van der Waals surface area contributed by atoms with Crippen LogP contribution >= 0.6 is 0 Å². The Hall–Kier alpha value is -5.03. The van der Waals surface area contributed by atoms with E-state index in [1.165, 1.54) is 6.07 Å². The van der Waals surface area contributed by atoms with Crippen LogP contribution in [0.1, 0.15) is 93.1 Å². The van der Waals surface area contributed by atoms with Crippen molar-refractivity contribution in [2.45, 2.75) is 95.7 Å². The molecule has 0 bridgehead atoms. The van der Waals surface area contributed by atoms with E-state index in [1.54, 1.807) is 29.2 Å². The van der Waals surface area contributed by atoms with Gasteiger partial charge in [0, 0.05) is 49.3 Å². The molecule has 4 aromatic rings. The first-order valence-electron chi connectivity index (χ1n) is 21.4. The van der Waals surface area contributed by atoms with Gasteiger partial charge in [0.15, 0.2) is 0 Å². The van der Waals surface area contributed by atoms with Crippen molar-refractivity contribution in [3.05, 3.63) is 132 Å². The van der Waals surface area contributed by atoms with Gasteiger partial charge in [0.2, 0.25) is 5.79 Å². The summed E-state index contributed by atoms with van der Waals surface area (Å²) < 4.78 is 35.4. The summed E-state index contributed by atoms with van der Waals surface area (Å²) in [6.07, 6.45) is 8.89. The molecule has 6 atom stereocenters. The molecular formula is C50H59FN2O7. The normalized spacial score (nSPS) is 23.9. The number of oxime groups is 1. The van der Waals surface area contributed by atoms with Crippen molar-refractivity contribution in [1.29, 1.82) is 0 Å². The number of likely N-dealkylation sites (N-methyl/N-ethyl adjacent to an activating group) is 1. The number of allylic oxidation sites excluding steroid dienone is 1. The summed E-state index contributed by atoms with van der Waals surface area (Å²) in [6.45, 7) is 10.3. The molecule has 0 aromatic heterocycles. The van der Waals surface area contributed by atoms with Gasteiger partial charge in [-0.3, -0.25) is 4.79 Å². The van der Waals surface area contributed by atoms with Gasteiger partial charge in [-0.05, 0) is 111 Å². The number of carbonyl (C=O) groups excluding carboxylic acids is 1. The quantitative estimate of drug-likeness (QED) is 0.0621. The van der Waals surface area contributed by atoms with Crippen LogP contribution in [0.25, 0.3) is 10.8 Å². The van der Waals surface area contributed by atoms with E-state index in [-0.39, 0.29) is 62.3 Å². The van der Waals surface area contributed by atoms with Gasteiger partial charge >= 0.3 is 0 Å². The zero-order chi connectivity index (χ0) is 42.4. The Morgan fingerprint density at radius 1 is 0.967 bits per heavy atom. The Bertz CT molecular complexity index is 2210. The Kier molecular flexibility index (Phi) is 13.4. The van der Waals surface area contributed by atoms with Crippen molar-refractivity contribution in [2.24, 2.45) is 22.9 Å². The number of aliphatic hydroxyl groups excluding tert-OH is 2. The standard InChI is InChI=1S/C50H59FN2O7/c1-6-27-58-50-45(53(5)48(56)36-22-21-33-15-7-8-16-34(33)28-36)31-43(52-60-49(2,3)4)40-29-35(17-11-13-25-54)39(19-12-14-26-55)46(47(40)50)41-30-38(23-24-44(41)59-50)57-32-37-18-9-10-20-42(37)51/h6-10,15-16,18,20-24,28-30,35,39,45-47,54-55H,1,11-14,17,19,25-27,31-32H2,2-5H3/t35-,39+,45-,46+,47+,50+/m0/s1. The number of carbonyl (C=O) groups is 1. The minimum absolute atomic E-state index is 0.0465. The van der Waals surface area contributed by atoms with Crippen molar-refractivity contribution in [2.75, 3.05) is 26.9 Å². The van der Waals surface area contributed by atoms with Gasteiger partial charge in [0.25, 0.3) is 5.91 Å². The zero-order valence-corrected chi connectivity index (χ0v) is 35.3. The summed E-state index contributed by atoms with van der Waals surface area (Å²) in [5, 5.41) is 26.7. The average molecular weight is 819 g/mol. The number of halogens is 1. The number of ether oxygens (including phenoxy) is 3. The van der Waals surface area contributed by atoms with Crippen LogP contribution in [-0.4, -0.2) is 71.0 Å². The molecule has 60 heavy (non-hydrogen) atoms. The lowest BCUT2D eigenvalue weighted by atomic mass is 9.55. The maximum absolute atomic E-state index is 14.8. The highest BCUT2D eigenvalue weighted by atomic mass is 19.1. The van der Waals surface area contributed by atoms with Gasteiger partial charge < -0.3 is 34.2 Å². The van der Waals surface area contributed by atoms with Crippen molar-refractivity contribution < 1.29 is 38.4 Å². The van der Waals surface area contributed by atoms with Crippen molar-refractivity contribution in [1.82, 2.24) is 4.90 Å². The lowest BCUT2D eigenvalue weighted by Gasteiger charge is -2.59. The van der Waals surface area contributed by atoms with Crippen LogP contribution in [-0.2, 0) is 16.2 Å². The molecule has 2 aliphatic carbocycles. The minimum Gasteiger partial charge on any atom is -0.489 e. The summed E-state index contributed by atoms with van der Waals surface area (Å²) in [4.78, 5) is 22.8. The molecule has 9 nitrogen and oxygen atoms in total. The molecule has 4 aromatic carbocycles. The molecule has 7 rings (SSSR count). The highest BCUT2D eigenvalue weighted by Gasteiger charge is 2.65. The van der Waals surface area contributed by atoms with Gasteiger partial charge in [-0.2, -0.15) is 0 Å². The van der Waals surface area contributed by atoms with Crippen LogP contribution < -0.4 is 9.47 Å². The van der Waals surface area contributed by atoms with E-state index in [2.05, 4.69) is 12.7 Å². The van der Waals surface area contributed by atoms with Crippen LogP contribution in [0.3, 0.4) is 0 Å². The highest BCUT2D eigenvalue weighted by Crippen LogP contribution is 2.62. The van der Waals surface area contributed by atoms with Crippen molar-refractivity contribution in [3.63, 3.8) is 0 Å². The van der Waals surface area contributed by atoms with Gasteiger partial charge in [0.1, 0.15) is 35.6 Å². The molecule has 1 aliphatic heterocycles. The van der Waals surface area contributed by atoms with Gasteiger partial charge in [-0.1, -0.05) is 78.7 Å². The lowest BCUT2D eigenvalue weighted by Crippen LogP contribution is -2.69. The van der Waals surface area contributed by atoms with E-state index in [4.69, 9.17) is 24.2 Å². The number of aliphatic hydroxyl groups is 2. The average Bonchev–Trinajstić information content (AvgIpc) is 3.24. The first kappa shape index (κ1) is 43.1. The van der Waals surface area contributed by atoms with E-state index in [0.29, 0.717) is 35.5 Å². The fourth-order valence-electron chi connectivity index (χ4n) is 9.45. The number of unbranched alkanes of at least 4 members (excludes halogenated alkanes) is 2. The molecule has 0 unspecified atom stereocenters. The predicted molar refractivity (Wildman–Crippen MR) is 233 cm³/mol. The number of hydrogen-bond donors (Lipinski definition) is 2. The first-order valence-corrected chi connectivity index (χ1v) is 21.4. The second-order valence-electron chi connectivity index (χ2n) is 17.3. The molecule has 3 aliphatic rings. The van der Waals surface area contributed by atoms with E-state index in [1.807, 2.05) is 88.5 Å². The SMILES string of the molecule is C=CCO[C@@]12Oc3ccc(OCc4ccccc4F)cc3[C@H]3[C@H](CCCCO)[C@@H](CCCCO)C=C(C(=NOC(C)(C)C)C[C@@H]1N(C)C(=O)c1ccc4ccccc4c1)[C@H]32. The summed E-state index contributed by atoms with van der Waals surface area (Å²) in [5.41, 5.74) is 3.00. The van der Waals surface area contributed by atoms with E-state index >= 15 is 0 Å². The fourth-order valence-corrected chi connectivity index (χ4v) is 9.45. The van der Waals surface area contributed by atoms with Crippen LogP contribution in [0, 0.1) is 23.6 Å². The Morgan fingerprint density at radius 2 is 1.70 bits per heavy atom. The molecule has 0 saturated heterocycles. The zero-order valence-electron chi connectivity index (χ0n) is 35.3. The van der Waals surface area contributed by atoms with E-state index in [0.717, 1.165) is 53.3 Å². The number of amides is 1. The molecule has 1 fully saturated rings. The highest BCUT2D eigenvalue weighted by molar-refractivity contribution is 6.04. The smallest absolute Gasteiger partial charge is 0.254 e. The number of benzene rings is 4. The summed E-state index contributed by atoms with van der Waals surface area (Å²) >= 11 is 0. The van der Waals surface area contributed by atoms with Crippen LogP contribution in [0.5, 0.6) is 11.5 Å². The Morgan fingerprint density at radius 3 is 2.43 bits per heavy atom. The van der Waals surface area contributed by atoms with E-state index in [9.17, 15) is 19.4 Å². The van der Waals surface area contributed by atoms with Gasteiger partial charge in [-0.25, -0.2) is 4.39 Å². The maximum Gasteiger partial charge on any atom is 0.254 e. The predicted octanol–water partition coefficient (Wildman–Crippen LogP) is 9.76. The molecule has 318 valence electrons. The number of rotatable bonds is 17. The molecule has 1 heterocycles. The lowest BCUT2D eigenvalue weighted by molar-refractivity contribution is -0.252. The van der Waals surface area contributed by atoms with Crippen LogP contribution in [0.15, 0.2) is 114 Å². The third kappa shape index (κ3) is 9.02. The first-order chi connectivity index (χ1) is 29.0. The number of fused-ring (bicyclic) bond motifs is 3. The monoisotopic (exact) mass is 818 g/mol. The molecule has 10 heteroatoms. The molecule has 1 saturated carbocycles. The van der Waals surface area contributed by atoms with Gasteiger partial charge in [-0.15, -0.1) is 6.58 Å². The van der Waals surface area contributed by atoms with E-state index < -0.39 is 23.3 Å². The molecular weight excluding hydrogens is 760 g/mol. The third-order valence-corrected chi connectivity index (χ3v) is 12.2. The Labute approximate surface area is 353 Å². The second kappa shape index (κ2) is 18.7. The van der Waals surface area contributed by atoms with Crippen LogP contribution in [0.2, 0.25) is 0 Å².